The average Bonchev–Trinajstić information content (AvgIpc) is 3.70. The number of methoxy groups -OCH3 is 1. The standard InChI is InChI=1S/C25H26ClN9O4/c1-37-20-9-8-16(12-17(20)15-38-21-7-3-2-6-18(21)26)13-28-30-25(36)22-19(14-34-10-4-5-11-34)29-33-35(22)24-23(27)31-39-32-24/h2-3,6-9,12-13H,4-5,10-11,14-15H2,1H3,(H2,27,31)(H,30,36). The number of nitrogens with zero attached hydrogens (tertiary/aromatic N) is 7. The average molecular weight is 552 g/mol. The summed E-state index contributed by atoms with van der Waals surface area (Å²) in [5, 5.41) is 20.3. The number of hydrogen-bond acceptors (Lipinski definition) is 11. The summed E-state index contributed by atoms with van der Waals surface area (Å²) >= 11 is 6.20. The van der Waals surface area contributed by atoms with E-state index in [0.717, 1.165) is 31.5 Å². The molecule has 0 saturated carbocycles. The maximum Gasteiger partial charge on any atom is 0.292 e. The second-order valence-corrected chi connectivity index (χ2v) is 9.15. The van der Waals surface area contributed by atoms with Gasteiger partial charge in [0.05, 0.1) is 18.3 Å². The smallest absolute Gasteiger partial charge is 0.292 e. The van der Waals surface area contributed by atoms with Gasteiger partial charge in [-0.2, -0.15) is 9.78 Å². The molecule has 1 aliphatic rings. The highest BCUT2D eigenvalue weighted by atomic mass is 35.5. The Balaban J connectivity index is 1.33. The predicted molar refractivity (Wildman–Crippen MR) is 142 cm³/mol. The summed E-state index contributed by atoms with van der Waals surface area (Å²) in [4.78, 5) is 15.5. The van der Waals surface area contributed by atoms with E-state index in [4.69, 9.17) is 26.8 Å². The first-order valence-corrected chi connectivity index (χ1v) is 12.5. The number of carbonyl (C=O) groups is 1. The lowest BCUT2D eigenvalue weighted by atomic mass is 10.1. The number of hydrazone groups is 1. The molecule has 13 nitrogen and oxygen atoms in total. The highest BCUT2D eigenvalue weighted by Gasteiger charge is 2.26. The van der Waals surface area contributed by atoms with Crippen LogP contribution in [0.1, 0.15) is 40.2 Å². The number of nitrogens with two attached hydrogens (primary N) is 1. The Morgan fingerprint density at radius 2 is 2.03 bits per heavy atom. The Morgan fingerprint density at radius 1 is 1.21 bits per heavy atom. The number of halogens is 1. The van der Waals surface area contributed by atoms with E-state index in [9.17, 15) is 4.79 Å². The van der Waals surface area contributed by atoms with E-state index in [0.29, 0.717) is 34.3 Å². The fraction of sp³-hybridized carbons (Fsp3) is 0.280. The number of anilines is 1. The third kappa shape index (κ3) is 5.99. The van der Waals surface area contributed by atoms with Gasteiger partial charge in [0.2, 0.25) is 11.6 Å². The van der Waals surface area contributed by atoms with Gasteiger partial charge in [-0.3, -0.25) is 9.69 Å². The highest BCUT2D eigenvalue weighted by molar-refractivity contribution is 6.32. The van der Waals surface area contributed by atoms with Crippen LogP contribution < -0.4 is 20.6 Å². The lowest BCUT2D eigenvalue weighted by Gasteiger charge is -2.13. The predicted octanol–water partition coefficient (Wildman–Crippen LogP) is 2.83. The summed E-state index contributed by atoms with van der Waals surface area (Å²) in [7, 11) is 1.58. The molecule has 0 spiro atoms. The zero-order valence-electron chi connectivity index (χ0n) is 21.1. The van der Waals surface area contributed by atoms with Crippen molar-refractivity contribution >= 4 is 29.5 Å². The van der Waals surface area contributed by atoms with Crippen LogP contribution in [0.25, 0.3) is 5.82 Å². The van der Waals surface area contributed by atoms with Crippen molar-refractivity contribution in [3.8, 4) is 17.3 Å². The van der Waals surface area contributed by atoms with Crippen molar-refractivity contribution in [2.24, 2.45) is 5.10 Å². The zero-order chi connectivity index (χ0) is 27.2. The van der Waals surface area contributed by atoms with Gasteiger partial charge in [0, 0.05) is 12.1 Å². The summed E-state index contributed by atoms with van der Waals surface area (Å²) in [6.45, 7) is 2.50. The lowest BCUT2D eigenvalue weighted by molar-refractivity contribution is 0.0945. The molecule has 2 aromatic heterocycles. The molecule has 3 heterocycles. The molecule has 202 valence electrons. The van der Waals surface area contributed by atoms with Crippen LogP contribution in [0.3, 0.4) is 0 Å². The molecule has 3 N–H and O–H groups in total. The normalized spacial score (nSPS) is 13.7. The Hall–Kier alpha value is -4.49. The summed E-state index contributed by atoms with van der Waals surface area (Å²) in [6.07, 6.45) is 3.69. The molecule has 0 bridgehead atoms. The first-order chi connectivity index (χ1) is 19.0. The monoisotopic (exact) mass is 551 g/mol. The number of nitrogen functional groups attached to an aromatic ring is 1. The van der Waals surface area contributed by atoms with Crippen molar-refractivity contribution in [3.63, 3.8) is 0 Å². The van der Waals surface area contributed by atoms with E-state index in [1.165, 1.54) is 10.9 Å². The van der Waals surface area contributed by atoms with E-state index in [-0.39, 0.29) is 23.9 Å². The number of benzene rings is 2. The zero-order valence-corrected chi connectivity index (χ0v) is 21.8. The third-order valence-electron chi connectivity index (χ3n) is 6.13. The molecule has 0 atom stereocenters. The van der Waals surface area contributed by atoms with Crippen LogP contribution in [0.15, 0.2) is 52.2 Å². The van der Waals surface area contributed by atoms with Gasteiger partial charge >= 0.3 is 0 Å². The quantitative estimate of drug-likeness (QED) is 0.221. The van der Waals surface area contributed by atoms with Crippen LogP contribution in [-0.4, -0.2) is 62.5 Å². The van der Waals surface area contributed by atoms with E-state index < -0.39 is 5.91 Å². The van der Waals surface area contributed by atoms with Gasteiger partial charge in [0.1, 0.15) is 23.8 Å². The van der Waals surface area contributed by atoms with E-state index >= 15 is 0 Å². The molecule has 1 fully saturated rings. The largest absolute Gasteiger partial charge is 0.496 e. The van der Waals surface area contributed by atoms with Gasteiger partial charge in [-0.15, -0.1) is 5.10 Å². The minimum Gasteiger partial charge on any atom is -0.496 e. The number of likely N-dealkylation sites (tertiary alicyclic amines) is 1. The molecule has 1 amide bonds. The van der Waals surface area contributed by atoms with Gasteiger partial charge in [-0.05, 0) is 72.1 Å². The molecule has 1 saturated heterocycles. The lowest BCUT2D eigenvalue weighted by Crippen LogP contribution is -2.26. The molecule has 4 aromatic rings. The van der Waals surface area contributed by atoms with Crippen LogP contribution in [0, 0.1) is 0 Å². The van der Waals surface area contributed by atoms with Gasteiger partial charge < -0.3 is 15.2 Å². The second-order valence-electron chi connectivity index (χ2n) is 8.74. The van der Waals surface area contributed by atoms with Crippen LogP contribution in [-0.2, 0) is 13.2 Å². The van der Waals surface area contributed by atoms with Crippen LogP contribution in [0.2, 0.25) is 5.02 Å². The molecule has 2 aromatic carbocycles. The minimum absolute atomic E-state index is 0.0186. The number of rotatable bonds is 10. The maximum atomic E-state index is 13.3. The van der Waals surface area contributed by atoms with Crippen molar-refractivity contribution in [1.82, 2.24) is 35.6 Å². The van der Waals surface area contributed by atoms with Gasteiger partial charge in [0.25, 0.3) is 5.91 Å². The fourth-order valence-electron chi connectivity index (χ4n) is 4.21. The molecule has 1 aliphatic heterocycles. The van der Waals surface area contributed by atoms with Crippen LogP contribution in [0.5, 0.6) is 11.5 Å². The van der Waals surface area contributed by atoms with E-state index in [1.54, 1.807) is 31.4 Å². The molecule has 0 aliphatic carbocycles. The Bertz CT molecular complexity index is 1480. The second kappa shape index (κ2) is 11.9. The summed E-state index contributed by atoms with van der Waals surface area (Å²) in [5.74, 6) is 0.718. The number of para-hydroxylation sites is 1. The van der Waals surface area contributed by atoms with Crippen molar-refractivity contribution < 1.29 is 18.9 Å². The maximum absolute atomic E-state index is 13.3. The molecule has 39 heavy (non-hydrogen) atoms. The molecule has 14 heteroatoms. The number of nitrogens with one attached hydrogen (secondary N) is 1. The molecule has 5 rings (SSSR count). The highest BCUT2D eigenvalue weighted by Crippen LogP contribution is 2.27. The van der Waals surface area contributed by atoms with Crippen LogP contribution >= 0.6 is 11.6 Å². The Morgan fingerprint density at radius 3 is 2.77 bits per heavy atom. The van der Waals surface area contributed by atoms with Crippen molar-refractivity contribution in [3.05, 3.63) is 70.0 Å². The van der Waals surface area contributed by atoms with Crippen LogP contribution in [0.4, 0.5) is 5.82 Å². The van der Waals surface area contributed by atoms with Gasteiger partial charge in [-0.25, -0.2) is 10.1 Å². The fourth-order valence-corrected chi connectivity index (χ4v) is 4.40. The summed E-state index contributed by atoms with van der Waals surface area (Å²) in [5.41, 5.74) is 10.5. The SMILES string of the molecule is COc1ccc(C=NNC(=O)c2c(CN3CCCC3)nnn2-c2nonc2N)cc1COc1ccccc1Cl. The number of hydrogen-bond donors (Lipinski definition) is 2. The van der Waals surface area contributed by atoms with Gasteiger partial charge in [0.15, 0.2) is 5.69 Å². The third-order valence-corrected chi connectivity index (χ3v) is 6.44. The Kier molecular flexibility index (Phi) is 7.99. The molecule has 0 unspecified atom stereocenters. The molecular weight excluding hydrogens is 526 g/mol. The molecular formula is C25H26ClN9O4. The Labute approximate surface area is 228 Å². The number of carbonyl (C=O) groups excluding carboxylic acids is 1. The number of amides is 1. The van der Waals surface area contributed by atoms with Crippen molar-refractivity contribution in [1.29, 1.82) is 0 Å². The number of ether oxygens (including phenoxy) is 2. The first-order valence-electron chi connectivity index (χ1n) is 12.2. The van der Waals surface area contributed by atoms with E-state index in [1.807, 2.05) is 18.2 Å². The summed E-state index contributed by atoms with van der Waals surface area (Å²) < 4.78 is 17.2. The van der Waals surface area contributed by atoms with Crippen molar-refractivity contribution in [2.75, 3.05) is 25.9 Å². The minimum atomic E-state index is -0.538. The number of aromatic nitrogens is 5. The topological polar surface area (TPSA) is 159 Å². The molecule has 0 radical (unpaired) electrons. The first kappa shape index (κ1) is 26.1. The van der Waals surface area contributed by atoms with Gasteiger partial charge in [-0.1, -0.05) is 28.9 Å². The van der Waals surface area contributed by atoms with E-state index in [2.05, 4.69) is 40.7 Å². The van der Waals surface area contributed by atoms with Crippen molar-refractivity contribution in [2.45, 2.75) is 26.0 Å². The summed E-state index contributed by atoms with van der Waals surface area (Å²) in [6, 6.07) is 12.7.